The zero-order valence-electron chi connectivity index (χ0n) is 14.8. The summed E-state index contributed by atoms with van der Waals surface area (Å²) in [4.78, 5) is 58.0. The van der Waals surface area contributed by atoms with Gasteiger partial charge in [0.1, 0.15) is 24.7 Å². The Bertz CT molecular complexity index is 560. The van der Waals surface area contributed by atoms with Gasteiger partial charge in [0.15, 0.2) is 0 Å². The van der Waals surface area contributed by atoms with Crippen LogP contribution in [0.3, 0.4) is 0 Å². The first kappa shape index (κ1) is 24.6. The Hall–Kier alpha value is -2.38. The second-order valence-corrected chi connectivity index (χ2v) is 6.46. The highest BCUT2D eigenvalue weighted by Gasteiger charge is 2.29. The number of carboxylic acid groups (broad SMARTS) is 1. The summed E-state index contributed by atoms with van der Waals surface area (Å²) in [6.45, 7) is -1.30. The molecular weight excluding hydrogens is 382 g/mol. The van der Waals surface area contributed by atoms with E-state index in [1.54, 1.807) is 6.26 Å². The number of aliphatic carboxylic acids is 1. The molecular formula is C14H25N5O7S. The molecule has 0 saturated heterocycles. The number of rotatable bonds is 13. The lowest BCUT2D eigenvalue weighted by molar-refractivity contribution is -0.138. The van der Waals surface area contributed by atoms with Gasteiger partial charge in [0.25, 0.3) is 0 Å². The van der Waals surface area contributed by atoms with Crippen LogP contribution >= 0.6 is 11.8 Å². The standard InChI is InChI=1S/C14H25N5O7S/c1-27-3-2-8(13(25)17-5-11(22)23)18-14(26)9(4-10(16)21)19-12(24)7(15)6-20/h7-9,20H,2-6,15H2,1H3,(H2,16,21)(H,17,25)(H,18,26)(H,19,24)(H,22,23). The average Bonchev–Trinajstić information content (AvgIpc) is 2.60. The minimum atomic E-state index is -1.41. The summed E-state index contributed by atoms with van der Waals surface area (Å²) in [6, 6.07) is -3.79. The molecule has 0 heterocycles. The molecule has 0 saturated carbocycles. The van der Waals surface area contributed by atoms with Gasteiger partial charge in [-0.25, -0.2) is 0 Å². The number of carboxylic acids is 1. The van der Waals surface area contributed by atoms with E-state index in [4.69, 9.17) is 21.7 Å². The Kier molecular flexibility index (Phi) is 11.8. The molecule has 0 aromatic heterocycles. The molecule has 3 atom stereocenters. The minimum absolute atomic E-state index is 0.186. The van der Waals surface area contributed by atoms with Gasteiger partial charge in [0.2, 0.25) is 23.6 Å². The predicted octanol–water partition coefficient (Wildman–Crippen LogP) is -3.90. The van der Waals surface area contributed by atoms with E-state index >= 15 is 0 Å². The fourth-order valence-electron chi connectivity index (χ4n) is 1.83. The highest BCUT2D eigenvalue weighted by molar-refractivity contribution is 7.98. The third kappa shape index (κ3) is 10.4. The van der Waals surface area contributed by atoms with Gasteiger partial charge in [-0.1, -0.05) is 0 Å². The van der Waals surface area contributed by atoms with Crippen LogP contribution in [0.5, 0.6) is 0 Å². The van der Waals surface area contributed by atoms with Crippen molar-refractivity contribution in [1.29, 1.82) is 0 Å². The number of hydrogen-bond acceptors (Lipinski definition) is 8. The molecule has 0 aromatic carbocycles. The van der Waals surface area contributed by atoms with Crippen LogP contribution in [0.25, 0.3) is 0 Å². The summed E-state index contributed by atoms with van der Waals surface area (Å²) < 4.78 is 0. The summed E-state index contributed by atoms with van der Waals surface area (Å²) >= 11 is 1.40. The summed E-state index contributed by atoms with van der Waals surface area (Å²) in [5.41, 5.74) is 10.4. The summed E-state index contributed by atoms with van der Waals surface area (Å²) in [5.74, 6) is -4.14. The SMILES string of the molecule is CSCCC(NC(=O)C(CC(N)=O)NC(=O)C(N)CO)C(=O)NCC(=O)O. The fourth-order valence-corrected chi connectivity index (χ4v) is 2.31. The fraction of sp³-hybridized carbons (Fsp3) is 0.643. The molecule has 4 amide bonds. The Balaban J connectivity index is 5.15. The molecule has 0 rings (SSSR count). The van der Waals surface area contributed by atoms with E-state index in [0.717, 1.165) is 0 Å². The second-order valence-electron chi connectivity index (χ2n) is 5.47. The lowest BCUT2D eigenvalue weighted by atomic mass is 10.1. The predicted molar refractivity (Wildman–Crippen MR) is 96.4 cm³/mol. The van der Waals surface area contributed by atoms with Gasteiger partial charge < -0.3 is 37.6 Å². The normalized spacial score (nSPS) is 13.7. The summed E-state index contributed by atoms with van der Waals surface area (Å²) in [7, 11) is 0. The molecule has 0 aliphatic rings. The Labute approximate surface area is 159 Å². The number of carbonyl (C=O) groups excluding carboxylic acids is 4. The maximum absolute atomic E-state index is 12.4. The van der Waals surface area contributed by atoms with Crippen molar-refractivity contribution < 1.29 is 34.2 Å². The smallest absolute Gasteiger partial charge is 0.322 e. The van der Waals surface area contributed by atoms with Crippen molar-refractivity contribution >= 4 is 41.4 Å². The molecule has 0 aliphatic heterocycles. The van der Waals surface area contributed by atoms with Gasteiger partial charge >= 0.3 is 5.97 Å². The maximum Gasteiger partial charge on any atom is 0.322 e. The van der Waals surface area contributed by atoms with E-state index in [-0.39, 0.29) is 6.42 Å². The van der Waals surface area contributed by atoms with Gasteiger partial charge in [-0.05, 0) is 18.4 Å². The van der Waals surface area contributed by atoms with Crippen molar-refractivity contribution in [3.05, 3.63) is 0 Å². The number of nitrogens with two attached hydrogens (primary N) is 2. The number of thioether (sulfide) groups is 1. The van der Waals surface area contributed by atoms with Crippen molar-refractivity contribution in [2.45, 2.75) is 31.0 Å². The molecule has 13 heteroatoms. The van der Waals surface area contributed by atoms with Crippen LogP contribution in [0.2, 0.25) is 0 Å². The third-order valence-electron chi connectivity index (χ3n) is 3.23. The quantitative estimate of drug-likeness (QED) is 0.159. The van der Waals surface area contributed by atoms with Crippen molar-refractivity contribution in [2.75, 3.05) is 25.2 Å². The number of carbonyl (C=O) groups is 5. The molecule has 0 spiro atoms. The van der Waals surface area contributed by atoms with Crippen LogP contribution in [0.15, 0.2) is 0 Å². The largest absolute Gasteiger partial charge is 0.480 e. The molecule has 0 fully saturated rings. The highest BCUT2D eigenvalue weighted by atomic mass is 32.2. The molecule has 9 N–H and O–H groups in total. The lowest BCUT2D eigenvalue weighted by Gasteiger charge is -2.23. The van der Waals surface area contributed by atoms with Crippen LogP contribution in [-0.4, -0.2) is 83.1 Å². The van der Waals surface area contributed by atoms with Crippen LogP contribution in [0.1, 0.15) is 12.8 Å². The van der Waals surface area contributed by atoms with Crippen molar-refractivity contribution in [2.24, 2.45) is 11.5 Å². The van der Waals surface area contributed by atoms with Gasteiger partial charge in [-0.3, -0.25) is 24.0 Å². The molecule has 0 aliphatic carbocycles. The van der Waals surface area contributed by atoms with E-state index in [2.05, 4.69) is 16.0 Å². The average molecular weight is 407 g/mol. The molecule has 0 bridgehead atoms. The molecule has 12 nitrogen and oxygen atoms in total. The van der Waals surface area contributed by atoms with E-state index in [1.165, 1.54) is 11.8 Å². The van der Waals surface area contributed by atoms with Gasteiger partial charge in [0.05, 0.1) is 13.0 Å². The van der Waals surface area contributed by atoms with E-state index < -0.39 is 67.3 Å². The third-order valence-corrected chi connectivity index (χ3v) is 3.87. The number of amides is 4. The topological polar surface area (TPSA) is 214 Å². The van der Waals surface area contributed by atoms with E-state index in [9.17, 15) is 24.0 Å². The van der Waals surface area contributed by atoms with Gasteiger partial charge in [-0.2, -0.15) is 11.8 Å². The van der Waals surface area contributed by atoms with Gasteiger partial charge in [-0.15, -0.1) is 0 Å². The number of aliphatic hydroxyl groups is 1. The van der Waals surface area contributed by atoms with Gasteiger partial charge in [0, 0.05) is 0 Å². The Morgan fingerprint density at radius 1 is 1.04 bits per heavy atom. The minimum Gasteiger partial charge on any atom is -0.480 e. The first-order valence-corrected chi connectivity index (χ1v) is 9.25. The summed E-state index contributed by atoms with van der Waals surface area (Å²) in [6.07, 6.45) is 1.41. The number of primary amides is 1. The van der Waals surface area contributed by atoms with Crippen LogP contribution < -0.4 is 27.4 Å². The van der Waals surface area contributed by atoms with E-state index in [1.807, 2.05) is 0 Å². The van der Waals surface area contributed by atoms with Crippen molar-refractivity contribution in [3.63, 3.8) is 0 Å². The molecule has 0 radical (unpaired) electrons. The second kappa shape index (κ2) is 12.9. The monoisotopic (exact) mass is 407 g/mol. The lowest BCUT2D eigenvalue weighted by Crippen LogP contribution is -2.57. The van der Waals surface area contributed by atoms with Crippen molar-refractivity contribution in [3.8, 4) is 0 Å². The first-order chi connectivity index (χ1) is 12.6. The van der Waals surface area contributed by atoms with Crippen LogP contribution in [-0.2, 0) is 24.0 Å². The number of nitrogens with one attached hydrogen (secondary N) is 3. The zero-order chi connectivity index (χ0) is 21.0. The molecule has 0 aromatic rings. The Morgan fingerprint density at radius 2 is 1.63 bits per heavy atom. The maximum atomic E-state index is 12.4. The molecule has 27 heavy (non-hydrogen) atoms. The zero-order valence-corrected chi connectivity index (χ0v) is 15.6. The van der Waals surface area contributed by atoms with Crippen LogP contribution in [0, 0.1) is 0 Å². The highest BCUT2D eigenvalue weighted by Crippen LogP contribution is 2.03. The van der Waals surface area contributed by atoms with Crippen LogP contribution in [0.4, 0.5) is 0 Å². The molecule has 3 unspecified atom stereocenters. The van der Waals surface area contributed by atoms with E-state index in [0.29, 0.717) is 5.75 Å². The summed E-state index contributed by atoms with van der Waals surface area (Å²) in [5, 5.41) is 24.2. The number of aliphatic hydroxyl groups excluding tert-OH is 1. The first-order valence-electron chi connectivity index (χ1n) is 7.86. The number of hydrogen-bond donors (Lipinski definition) is 7. The van der Waals surface area contributed by atoms with Crippen molar-refractivity contribution in [1.82, 2.24) is 16.0 Å². The molecule has 154 valence electrons. The Morgan fingerprint density at radius 3 is 2.11 bits per heavy atom.